The van der Waals surface area contributed by atoms with E-state index >= 15 is 0 Å². The number of benzene rings is 1. The van der Waals surface area contributed by atoms with Crippen molar-refractivity contribution in [2.24, 2.45) is 7.05 Å². The summed E-state index contributed by atoms with van der Waals surface area (Å²) in [5.74, 6) is 0.220. The van der Waals surface area contributed by atoms with E-state index in [1.54, 1.807) is 11.7 Å². The van der Waals surface area contributed by atoms with Crippen LogP contribution in [0.15, 0.2) is 24.3 Å². The van der Waals surface area contributed by atoms with Crippen LogP contribution < -0.4 is 0 Å². The minimum absolute atomic E-state index is 0.00953. The summed E-state index contributed by atoms with van der Waals surface area (Å²) in [5.41, 5.74) is 4.71. The normalized spacial score (nSPS) is 12.2. The fraction of sp³-hybridized carbons (Fsp3) is 0.435. The number of aromatic nitrogens is 2. The van der Waals surface area contributed by atoms with Gasteiger partial charge in [-0.2, -0.15) is 22.1 Å². The van der Waals surface area contributed by atoms with Crippen LogP contribution in [0.1, 0.15) is 48.8 Å². The van der Waals surface area contributed by atoms with Crippen molar-refractivity contribution in [3.8, 4) is 6.07 Å². The number of carbonyl (C=O) groups is 1. The zero-order valence-corrected chi connectivity index (χ0v) is 19.5. The number of hydrogen-bond donors (Lipinski definition) is 0. The second-order valence-corrected chi connectivity index (χ2v) is 8.90. The standard InChI is InChI=1S/C23H29N3O3S/c1-15-16(2)25-26(6)21(15)22(29-14-28-20(27)13-30-7)19(12-24)17-8-10-18(11-9-17)23(3,4)5/h8-11H,13-14H2,1-7H3/b22-19-. The Hall–Kier alpha value is -2.72. The molecule has 0 unspecified atom stereocenters. The quantitative estimate of drug-likeness (QED) is 0.278. The average molecular weight is 428 g/mol. The van der Waals surface area contributed by atoms with E-state index in [4.69, 9.17) is 9.47 Å². The summed E-state index contributed by atoms with van der Waals surface area (Å²) in [5, 5.41) is 14.4. The van der Waals surface area contributed by atoms with Gasteiger partial charge in [-0.3, -0.25) is 9.48 Å². The van der Waals surface area contributed by atoms with Crippen molar-refractivity contribution in [2.45, 2.75) is 40.0 Å². The number of aryl methyl sites for hydroxylation is 2. The molecule has 0 amide bonds. The van der Waals surface area contributed by atoms with Crippen molar-refractivity contribution in [1.82, 2.24) is 9.78 Å². The molecule has 0 aliphatic heterocycles. The van der Waals surface area contributed by atoms with Crippen LogP contribution in [0.4, 0.5) is 0 Å². The number of esters is 1. The Balaban J connectivity index is 2.52. The molecule has 0 fully saturated rings. The van der Waals surface area contributed by atoms with Crippen molar-refractivity contribution in [3.05, 3.63) is 52.3 Å². The summed E-state index contributed by atoms with van der Waals surface area (Å²) < 4.78 is 12.7. The summed E-state index contributed by atoms with van der Waals surface area (Å²) in [7, 11) is 1.80. The van der Waals surface area contributed by atoms with Crippen molar-refractivity contribution >= 4 is 29.1 Å². The second-order valence-electron chi connectivity index (χ2n) is 8.04. The zero-order chi connectivity index (χ0) is 22.5. The summed E-state index contributed by atoms with van der Waals surface area (Å²) in [4.78, 5) is 11.7. The van der Waals surface area contributed by atoms with Gasteiger partial charge in [-0.1, -0.05) is 45.0 Å². The van der Waals surface area contributed by atoms with E-state index in [0.29, 0.717) is 17.0 Å². The predicted octanol–water partition coefficient (Wildman–Crippen LogP) is 4.61. The van der Waals surface area contributed by atoms with Crippen LogP contribution in [0.3, 0.4) is 0 Å². The number of ether oxygens (including phenoxy) is 2. The molecular formula is C23H29N3O3S. The summed E-state index contributed by atoms with van der Waals surface area (Å²) in [6.07, 6.45) is 1.82. The molecule has 0 spiro atoms. The van der Waals surface area contributed by atoms with Gasteiger partial charge < -0.3 is 9.47 Å². The predicted molar refractivity (Wildman–Crippen MR) is 121 cm³/mol. The molecule has 0 bridgehead atoms. The molecular weight excluding hydrogens is 398 g/mol. The van der Waals surface area contributed by atoms with Crippen LogP contribution in [0.25, 0.3) is 11.3 Å². The highest BCUT2D eigenvalue weighted by Gasteiger charge is 2.22. The molecule has 160 valence electrons. The molecule has 0 aliphatic carbocycles. The summed E-state index contributed by atoms with van der Waals surface area (Å²) in [6, 6.07) is 10.1. The van der Waals surface area contributed by atoms with Crippen molar-refractivity contribution in [1.29, 1.82) is 5.26 Å². The average Bonchev–Trinajstić information content (AvgIpc) is 2.93. The van der Waals surface area contributed by atoms with Gasteiger partial charge in [-0.05, 0) is 36.6 Å². The van der Waals surface area contributed by atoms with E-state index in [-0.39, 0.29) is 23.9 Å². The second kappa shape index (κ2) is 9.86. The maximum atomic E-state index is 11.7. The van der Waals surface area contributed by atoms with Crippen molar-refractivity contribution in [3.63, 3.8) is 0 Å². The molecule has 7 heteroatoms. The minimum Gasteiger partial charge on any atom is -0.454 e. The van der Waals surface area contributed by atoms with Gasteiger partial charge in [0, 0.05) is 12.6 Å². The number of thioether (sulfide) groups is 1. The van der Waals surface area contributed by atoms with Crippen LogP contribution in [-0.2, 0) is 26.7 Å². The maximum absolute atomic E-state index is 11.7. The number of nitrogens with zero attached hydrogens (tertiary/aromatic N) is 3. The number of hydrogen-bond acceptors (Lipinski definition) is 6. The van der Waals surface area contributed by atoms with Crippen molar-refractivity contribution in [2.75, 3.05) is 18.8 Å². The Morgan fingerprint density at radius 1 is 1.20 bits per heavy atom. The smallest absolute Gasteiger partial charge is 0.318 e. The van der Waals surface area contributed by atoms with Crippen LogP contribution >= 0.6 is 11.8 Å². The van der Waals surface area contributed by atoms with E-state index < -0.39 is 0 Å². The Bertz CT molecular complexity index is 977. The number of rotatable bonds is 7. The lowest BCUT2D eigenvalue weighted by Gasteiger charge is -2.19. The first kappa shape index (κ1) is 23.6. The van der Waals surface area contributed by atoms with Crippen LogP contribution in [0.5, 0.6) is 0 Å². The van der Waals surface area contributed by atoms with Crippen LogP contribution in [0, 0.1) is 25.2 Å². The van der Waals surface area contributed by atoms with Gasteiger partial charge in [-0.25, -0.2) is 0 Å². The molecule has 30 heavy (non-hydrogen) atoms. The molecule has 0 saturated heterocycles. The van der Waals surface area contributed by atoms with Crippen LogP contribution in [-0.4, -0.2) is 34.6 Å². The maximum Gasteiger partial charge on any atom is 0.318 e. The highest BCUT2D eigenvalue weighted by molar-refractivity contribution is 7.99. The van der Waals surface area contributed by atoms with Gasteiger partial charge in [0.15, 0.2) is 5.76 Å². The topological polar surface area (TPSA) is 77.1 Å². The molecule has 2 aromatic rings. The Morgan fingerprint density at radius 3 is 2.30 bits per heavy atom. The van der Waals surface area contributed by atoms with Gasteiger partial charge in [0.1, 0.15) is 17.3 Å². The SMILES string of the molecule is CSCC(=O)OCO/C(=C(/C#N)c1ccc(C(C)(C)C)cc1)c1c(C)c(C)nn1C. The van der Waals surface area contributed by atoms with E-state index in [9.17, 15) is 10.1 Å². The van der Waals surface area contributed by atoms with E-state index in [0.717, 1.165) is 16.8 Å². The molecule has 0 aliphatic rings. The monoisotopic (exact) mass is 427 g/mol. The summed E-state index contributed by atoms with van der Waals surface area (Å²) >= 11 is 1.38. The van der Waals surface area contributed by atoms with Crippen molar-refractivity contribution < 1.29 is 14.3 Å². The van der Waals surface area contributed by atoms with E-state index in [1.807, 2.05) is 44.4 Å². The Labute approximate surface area is 182 Å². The molecule has 1 heterocycles. The molecule has 2 rings (SSSR count). The molecule has 0 saturated carbocycles. The van der Waals surface area contributed by atoms with Gasteiger partial charge in [0.2, 0.25) is 6.79 Å². The molecule has 0 atom stereocenters. The molecule has 0 N–H and O–H groups in total. The first-order valence-electron chi connectivity index (χ1n) is 9.63. The molecule has 0 radical (unpaired) electrons. The zero-order valence-electron chi connectivity index (χ0n) is 18.7. The Kier molecular flexibility index (Phi) is 7.74. The van der Waals surface area contributed by atoms with E-state index in [1.165, 1.54) is 17.3 Å². The fourth-order valence-electron chi connectivity index (χ4n) is 3.04. The highest BCUT2D eigenvalue weighted by Crippen LogP contribution is 2.31. The number of nitriles is 1. The first-order chi connectivity index (χ1) is 14.1. The van der Waals surface area contributed by atoms with Crippen LogP contribution in [0.2, 0.25) is 0 Å². The lowest BCUT2D eigenvalue weighted by Crippen LogP contribution is -2.12. The van der Waals surface area contributed by atoms with Gasteiger partial charge >= 0.3 is 5.97 Å². The molecule has 1 aromatic heterocycles. The largest absolute Gasteiger partial charge is 0.454 e. The lowest BCUT2D eigenvalue weighted by atomic mass is 9.86. The number of allylic oxidation sites excluding steroid dienone is 1. The highest BCUT2D eigenvalue weighted by atomic mass is 32.2. The molecule has 6 nitrogen and oxygen atoms in total. The summed E-state index contributed by atoms with van der Waals surface area (Å²) in [6.45, 7) is 9.98. The molecule has 1 aromatic carbocycles. The third kappa shape index (κ3) is 5.45. The third-order valence-electron chi connectivity index (χ3n) is 4.80. The third-order valence-corrected chi connectivity index (χ3v) is 5.32. The van der Waals surface area contributed by atoms with Gasteiger partial charge in [-0.15, -0.1) is 0 Å². The van der Waals surface area contributed by atoms with Gasteiger partial charge in [0.25, 0.3) is 0 Å². The first-order valence-corrected chi connectivity index (χ1v) is 11.0. The lowest BCUT2D eigenvalue weighted by molar-refractivity contribution is -0.148. The van der Waals surface area contributed by atoms with E-state index in [2.05, 4.69) is 31.9 Å². The fourth-order valence-corrected chi connectivity index (χ4v) is 3.36. The number of carbonyl (C=O) groups excluding carboxylic acids is 1. The minimum atomic E-state index is -0.368. The Morgan fingerprint density at radius 2 is 1.83 bits per heavy atom. The van der Waals surface area contributed by atoms with Gasteiger partial charge in [0.05, 0.1) is 11.4 Å².